The molecule has 0 aromatic heterocycles. The van der Waals surface area contributed by atoms with Crippen molar-refractivity contribution in [3.63, 3.8) is 0 Å². The molecule has 0 radical (unpaired) electrons. The van der Waals surface area contributed by atoms with E-state index in [1.807, 2.05) is 20.8 Å². The Labute approximate surface area is 116 Å². The van der Waals surface area contributed by atoms with Crippen LogP contribution in [0.4, 0.5) is 0 Å². The van der Waals surface area contributed by atoms with Gasteiger partial charge in [-0.05, 0) is 40.0 Å². The van der Waals surface area contributed by atoms with Gasteiger partial charge in [-0.15, -0.1) is 0 Å². The van der Waals surface area contributed by atoms with Crippen LogP contribution in [0.2, 0.25) is 0 Å². The summed E-state index contributed by atoms with van der Waals surface area (Å²) in [5.74, 6) is -0.248. The SMILES string of the molecule is COC(=O)C(C)(CCOCC1CCCO1)NC(C)C. The van der Waals surface area contributed by atoms with E-state index in [0.717, 1.165) is 19.4 Å². The zero-order valence-corrected chi connectivity index (χ0v) is 12.5. The second-order valence-electron chi connectivity index (χ2n) is 5.58. The fraction of sp³-hybridized carbons (Fsp3) is 0.929. The fourth-order valence-corrected chi connectivity index (χ4v) is 2.36. The van der Waals surface area contributed by atoms with E-state index in [-0.39, 0.29) is 18.1 Å². The molecule has 19 heavy (non-hydrogen) atoms. The molecule has 0 saturated carbocycles. The first kappa shape index (κ1) is 16.4. The van der Waals surface area contributed by atoms with Gasteiger partial charge < -0.3 is 14.2 Å². The maximum absolute atomic E-state index is 11.9. The van der Waals surface area contributed by atoms with Gasteiger partial charge in [-0.25, -0.2) is 0 Å². The highest BCUT2D eigenvalue weighted by Crippen LogP contribution is 2.15. The zero-order chi connectivity index (χ0) is 14.3. The third-order valence-electron chi connectivity index (χ3n) is 3.32. The van der Waals surface area contributed by atoms with Gasteiger partial charge in [0.15, 0.2) is 0 Å². The van der Waals surface area contributed by atoms with Crippen LogP contribution in [0.25, 0.3) is 0 Å². The zero-order valence-electron chi connectivity index (χ0n) is 12.5. The Hall–Kier alpha value is -0.650. The standard InChI is InChI=1S/C14H27NO4/c1-11(2)15-14(3,13(16)17-4)7-9-18-10-12-6-5-8-19-12/h11-12,15H,5-10H2,1-4H3. The van der Waals surface area contributed by atoms with Crippen molar-refractivity contribution in [2.75, 3.05) is 26.9 Å². The lowest BCUT2D eigenvalue weighted by Crippen LogP contribution is -2.53. The number of esters is 1. The molecule has 2 atom stereocenters. The summed E-state index contributed by atoms with van der Waals surface area (Å²) >= 11 is 0. The highest BCUT2D eigenvalue weighted by Gasteiger charge is 2.34. The number of carbonyl (C=O) groups is 1. The van der Waals surface area contributed by atoms with E-state index in [1.165, 1.54) is 7.11 Å². The average molecular weight is 273 g/mol. The van der Waals surface area contributed by atoms with Gasteiger partial charge >= 0.3 is 5.97 Å². The molecule has 1 rings (SSSR count). The Bertz CT molecular complexity index is 277. The molecule has 5 nitrogen and oxygen atoms in total. The Morgan fingerprint density at radius 2 is 2.26 bits per heavy atom. The first-order valence-electron chi connectivity index (χ1n) is 7.03. The van der Waals surface area contributed by atoms with Crippen molar-refractivity contribution in [2.24, 2.45) is 0 Å². The lowest BCUT2D eigenvalue weighted by molar-refractivity contribution is -0.149. The fourth-order valence-electron chi connectivity index (χ4n) is 2.36. The molecule has 112 valence electrons. The normalized spacial score (nSPS) is 22.5. The van der Waals surface area contributed by atoms with Crippen LogP contribution in [-0.4, -0.2) is 50.6 Å². The molecule has 0 spiro atoms. The van der Waals surface area contributed by atoms with Gasteiger partial charge in [0, 0.05) is 19.3 Å². The number of hydrogen-bond donors (Lipinski definition) is 1. The van der Waals surface area contributed by atoms with Crippen molar-refractivity contribution in [3.8, 4) is 0 Å². The van der Waals surface area contributed by atoms with E-state index >= 15 is 0 Å². The van der Waals surface area contributed by atoms with E-state index in [1.54, 1.807) is 0 Å². The van der Waals surface area contributed by atoms with Gasteiger partial charge in [-0.3, -0.25) is 10.1 Å². The van der Waals surface area contributed by atoms with E-state index in [0.29, 0.717) is 19.6 Å². The predicted molar refractivity (Wildman–Crippen MR) is 73.1 cm³/mol. The molecule has 1 N–H and O–H groups in total. The molecule has 1 aliphatic rings. The second-order valence-corrected chi connectivity index (χ2v) is 5.58. The van der Waals surface area contributed by atoms with Crippen LogP contribution >= 0.6 is 0 Å². The summed E-state index contributed by atoms with van der Waals surface area (Å²) in [6.07, 6.45) is 2.99. The third-order valence-corrected chi connectivity index (χ3v) is 3.32. The number of hydrogen-bond acceptors (Lipinski definition) is 5. The largest absolute Gasteiger partial charge is 0.468 e. The lowest BCUT2D eigenvalue weighted by atomic mass is 9.97. The van der Waals surface area contributed by atoms with Crippen molar-refractivity contribution in [1.29, 1.82) is 0 Å². The summed E-state index contributed by atoms with van der Waals surface area (Å²) in [6.45, 7) is 7.84. The minimum absolute atomic E-state index is 0.210. The molecule has 0 aliphatic carbocycles. The second kappa shape index (κ2) is 7.82. The van der Waals surface area contributed by atoms with Crippen molar-refractivity contribution in [2.45, 2.75) is 57.7 Å². The van der Waals surface area contributed by atoms with Gasteiger partial charge in [0.25, 0.3) is 0 Å². The Kier molecular flexibility index (Phi) is 6.75. The number of methoxy groups -OCH3 is 1. The van der Waals surface area contributed by atoms with E-state index in [9.17, 15) is 4.79 Å². The molecule has 0 bridgehead atoms. The average Bonchev–Trinajstić information content (AvgIpc) is 2.85. The molecule has 2 unspecified atom stereocenters. The van der Waals surface area contributed by atoms with Crippen LogP contribution in [0.5, 0.6) is 0 Å². The van der Waals surface area contributed by atoms with E-state index < -0.39 is 5.54 Å². The lowest BCUT2D eigenvalue weighted by Gasteiger charge is -2.30. The molecule has 5 heteroatoms. The smallest absolute Gasteiger partial charge is 0.325 e. The molecular formula is C14H27NO4. The minimum atomic E-state index is -0.695. The van der Waals surface area contributed by atoms with Crippen molar-refractivity contribution in [1.82, 2.24) is 5.32 Å². The number of carbonyl (C=O) groups excluding carboxylic acids is 1. The first-order chi connectivity index (χ1) is 8.98. The summed E-state index contributed by atoms with van der Waals surface area (Å²) < 4.78 is 16.0. The molecule has 1 fully saturated rings. The van der Waals surface area contributed by atoms with Gasteiger partial charge in [-0.2, -0.15) is 0 Å². The summed E-state index contributed by atoms with van der Waals surface area (Å²) in [5.41, 5.74) is -0.695. The Morgan fingerprint density at radius 1 is 1.53 bits per heavy atom. The van der Waals surface area contributed by atoms with Crippen LogP contribution in [0.1, 0.15) is 40.0 Å². The Balaban J connectivity index is 2.33. The maximum atomic E-state index is 11.9. The molecule has 0 aromatic carbocycles. The highest BCUT2D eigenvalue weighted by molar-refractivity contribution is 5.80. The molecule has 1 saturated heterocycles. The number of nitrogens with one attached hydrogen (secondary N) is 1. The quantitative estimate of drug-likeness (QED) is 0.536. The van der Waals surface area contributed by atoms with Crippen molar-refractivity contribution >= 4 is 5.97 Å². The first-order valence-corrected chi connectivity index (χ1v) is 7.03. The van der Waals surface area contributed by atoms with Gasteiger partial charge in [0.2, 0.25) is 0 Å². The van der Waals surface area contributed by atoms with E-state index in [2.05, 4.69) is 5.32 Å². The third kappa shape index (κ3) is 5.47. The molecule has 1 aliphatic heterocycles. The summed E-state index contributed by atoms with van der Waals surface area (Å²) in [4.78, 5) is 11.9. The maximum Gasteiger partial charge on any atom is 0.325 e. The Morgan fingerprint density at radius 3 is 2.79 bits per heavy atom. The number of ether oxygens (including phenoxy) is 3. The monoisotopic (exact) mass is 273 g/mol. The topological polar surface area (TPSA) is 56.8 Å². The van der Waals surface area contributed by atoms with Crippen molar-refractivity contribution in [3.05, 3.63) is 0 Å². The van der Waals surface area contributed by atoms with Gasteiger partial charge in [0.1, 0.15) is 5.54 Å². The van der Waals surface area contributed by atoms with Gasteiger partial charge in [-0.1, -0.05) is 0 Å². The van der Waals surface area contributed by atoms with Crippen LogP contribution < -0.4 is 5.32 Å². The molecular weight excluding hydrogens is 246 g/mol. The predicted octanol–water partition coefficient (Wildman–Crippen LogP) is 1.50. The van der Waals surface area contributed by atoms with Crippen LogP contribution in [0.3, 0.4) is 0 Å². The minimum Gasteiger partial charge on any atom is -0.468 e. The summed E-state index contributed by atoms with van der Waals surface area (Å²) in [5, 5.41) is 3.25. The van der Waals surface area contributed by atoms with Gasteiger partial charge in [0.05, 0.1) is 19.8 Å². The highest BCUT2D eigenvalue weighted by atomic mass is 16.5. The summed E-state index contributed by atoms with van der Waals surface area (Å²) in [6, 6.07) is 0.210. The summed E-state index contributed by atoms with van der Waals surface area (Å²) in [7, 11) is 1.41. The van der Waals surface area contributed by atoms with Crippen molar-refractivity contribution < 1.29 is 19.0 Å². The van der Waals surface area contributed by atoms with Crippen LogP contribution in [0.15, 0.2) is 0 Å². The molecule has 1 heterocycles. The van der Waals surface area contributed by atoms with Crippen LogP contribution in [0, 0.1) is 0 Å². The van der Waals surface area contributed by atoms with E-state index in [4.69, 9.17) is 14.2 Å². The molecule has 0 aromatic rings. The van der Waals surface area contributed by atoms with Crippen LogP contribution in [-0.2, 0) is 19.0 Å². The number of rotatable bonds is 8. The molecule has 0 amide bonds.